The molecule has 0 N–H and O–H groups in total. The lowest BCUT2D eigenvalue weighted by Crippen LogP contribution is -2.05. The van der Waals surface area contributed by atoms with Crippen molar-refractivity contribution in [3.63, 3.8) is 0 Å². The fraction of sp³-hybridized carbons (Fsp3) is 0.300. The zero-order chi connectivity index (χ0) is 9.84. The van der Waals surface area contributed by atoms with E-state index in [1.54, 1.807) is 0 Å². The third-order valence-electron chi connectivity index (χ3n) is 1.76. The highest BCUT2D eigenvalue weighted by atomic mass is 127. The molecule has 2 nitrogen and oxygen atoms in total. The van der Waals surface area contributed by atoms with Crippen LogP contribution in [-0.2, 0) is 16.0 Å². The second kappa shape index (κ2) is 4.60. The van der Waals surface area contributed by atoms with Crippen molar-refractivity contribution < 1.29 is 9.53 Å². The lowest BCUT2D eigenvalue weighted by atomic mass is 10.1. The van der Waals surface area contributed by atoms with Crippen LogP contribution >= 0.6 is 22.6 Å². The normalized spacial score (nSPS) is 9.77. The molecule has 0 aliphatic rings. The summed E-state index contributed by atoms with van der Waals surface area (Å²) in [5.41, 5.74) is 2.20. The van der Waals surface area contributed by atoms with Gasteiger partial charge >= 0.3 is 5.97 Å². The number of hydrogen-bond donors (Lipinski definition) is 0. The minimum Gasteiger partial charge on any atom is -0.469 e. The summed E-state index contributed by atoms with van der Waals surface area (Å²) in [6, 6.07) is 6.05. The standard InChI is InChI=1S/C10H11IO2/c1-7-3-4-9(11)8(5-7)6-10(12)13-2/h3-5H,6H2,1-2H3. The second-order valence-electron chi connectivity index (χ2n) is 2.85. The molecule has 0 aliphatic heterocycles. The van der Waals surface area contributed by atoms with Gasteiger partial charge in [-0.15, -0.1) is 0 Å². The van der Waals surface area contributed by atoms with Crippen molar-refractivity contribution in [2.45, 2.75) is 13.3 Å². The fourth-order valence-electron chi connectivity index (χ4n) is 1.07. The lowest BCUT2D eigenvalue weighted by Gasteiger charge is -2.03. The topological polar surface area (TPSA) is 26.3 Å². The van der Waals surface area contributed by atoms with Crippen LogP contribution in [0.3, 0.4) is 0 Å². The number of esters is 1. The molecule has 0 saturated heterocycles. The molecule has 0 heterocycles. The van der Waals surface area contributed by atoms with Gasteiger partial charge < -0.3 is 4.74 Å². The van der Waals surface area contributed by atoms with Crippen molar-refractivity contribution in [1.82, 2.24) is 0 Å². The molecule has 13 heavy (non-hydrogen) atoms. The van der Waals surface area contributed by atoms with Crippen molar-refractivity contribution >= 4 is 28.6 Å². The summed E-state index contributed by atoms with van der Waals surface area (Å²) >= 11 is 2.22. The molecule has 0 fully saturated rings. The zero-order valence-corrected chi connectivity index (χ0v) is 9.79. The molecule has 1 rings (SSSR count). The number of carbonyl (C=O) groups excluding carboxylic acids is 1. The van der Waals surface area contributed by atoms with Crippen LogP contribution in [0.25, 0.3) is 0 Å². The Bertz CT molecular complexity index is 321. The van der Waals surface area contributed by atoms with E-state index in [0.717, 1.165) is 9.13 Å². The molecule has 0 bridgehead atoms. The predicted molar refractivity (Wildman–Crippen MR) is 59.6 cm³/mol. The van der Waals surface area contributed by atoms with Gasteiger partial charge in [-0.3, -0.25) is 4.79 Å². The van der Waals surface area contributed by atoms with E-state index in [4.69, 9.17) is 0 Å². The third-order valence-corrected chi connectivity index (χ3v) is 2.82. The van der Waals surface area contributed by atoms with Gasteiger partial charge in [-0.05, 0) is 41.1 Å². The maximum atomic E-state index is 11.0. The Labute approximate surface area is 91.4 Å². The van der Waals surface area contributed by atoms with E-state index in [-0.39, 0.29) is 5.97 Å². The van der Waals surface area contributed by atoms with Gasteiger partial charge in [0.15, 0.2) is 0 Å². The van der Waals surface area contributed by atoms with Crippen LogP contribution in [0.1, 0.15) is 11.1 Å². The number of rotatable bonds is 2. The van der Waals surface area contributed by atoms with E-state index in [9.17, 15) is 4.79 Å². The van der Waals surface area contributed by atoms with E-state index in [1.807, 2.05) is 25.1 Å². The molecule has 70 valence electrons. The summed E-state index contributed by atoms with van der Waals surface area (Å²) in [6.45, 7) is 2.01. The summed E-state index contributed by atoms with van der Waals surface area (Å²) in [5.74, 6) is -0.191. The van der Waals surface area contributed by atoms with E-state index < -0.39 is 0 Å². The van der Waals surface area contributed by atoms with Crippen molar-refractivity contribution in [2.75, 3.05) is 7.11 Å². The number of aryl methyl sites for hydroxylation is 1. The number of methoxy groups -OCH3 is 1. The predicted octanol–water partition coefficient (Wildman–Crippen LogP) is 2.32. The molecule has 0 aliphatic carbocycles. The number of ether oxygens (including phenoxy) is 1. The quantitative estimate of drug-likeness (QED) is 0.617. The molecule has 0 amide bonds. The van der Waals surface area contributed by atoms with Gasteiger partial charge in [0.1, 0.15) is 0 Å². The van der Waals surface area contributed by atoms with E-state index in [2.05, 4.69) is 27.3 Å². The zero-order valence-electron chi connectivity index (χ0n) is 7.63. The molecule has 1 aromatic rings. The first-order valence-electron chi connectivity index (χ1n) is 3.95. The molecule has 0 spiro atoms. The molecule has 0 unspecified atom stereocenters. The van der Waals surface area contributed by atoms with Crippen LogP contribution in [0.5, 0.6) is 0 Å². The molecular weight excluding hydrogens is 279 g/mol. The Morgan fingerprint density at radius 3 is 2.85 bits per heavy atom. The molecular formula is C10H11IO2. The van der Waals surface area contributed by atoms with Gasteiger partial charge in [0.2, 0.25) is 0 Å². The van der Waals surface area contributed by atoms with Gasteiger partial charge in [0, 0.05) is 3.57 Å². The fourth-order valence-corrected chi connectivity index (χ4v) is 1.59. The Kier molecular flexibility index (Phi) is 3.71. The van der Waals surface area contributed by atoms with Crippen LogP contribution < -0.4 is 0 Å². The second-order valence-corrected chi connectivity index (χ2v) is 4.01. The SMILES string of the molecule is COC(=O)Cc1cc(C)ccc1I. The largest absolute Gasteiger partial charge is 0.469 e. The van der Waals surface area contributed by atoms with E-state index in [1.165, 1.54) is 12.7 Å². The number of benzene rings is 1. The lowest BCUT2D eigenvalue weighted by molar-refractivity contribution is -0.139. The molecule has 0 atom stereocenters. The first kappa shape index (κ1) is 10.5. The van der Waals surface area contributed by atoms with Crippen LogP contribution in [0.15, 0.2) is 18.2 Å². The molecule has 0 saturated carbocycles. The smallest absolute Gasteiger partial charge is 0.310 e. The van der Waals surface area contributed by atoms with Crippen molar-refractivity contribution in [2.24, 2.45) is 0 Å². The first-order chi connectivity index (χ1) is 6.13. The van der Waals surface area contributed by atoms with Crippen LogP contribution in [0.2, 0.25) is 0 Å². The highest BCUT2D eigenvalue weighted by molar-refractivity contribution is 14.1. The summed E-state index contributed by atoms with van der Waals surface area (Å²) < 4.78 is 5.71. The molecule has 0 aromatic heterocycles. The van der Waals surface area contributed by atoms with E-state index >= 15 is 0 Å². The third kappa shape index (κ3) is 2.99. The number of halogens is 1. The van der Waals surface area contributed by atoms with Gasteiger partial charge in [0.05, 0.1) is 13.5 Å². The van der Waals surface area contributed by atoms with Crippen LogP contribution in [0, 0.1) is 10.5 Å². The first-order valence-corrected chi connectivity index (χ1v) is 5.03. The Morgan fingerprint density at radius 2 is 2.23 bits per heavy atom. The Morgan fingerprint density at radius 1 is 1.54 bits per heavy atom. The van der Waals surface area contributed by atoms with Crippen LogP contribution in [-0.4, -0.2) is 13.1 Å². The van der Waals surface area contributed by atoms with E-state index in [0.29, 0.717) is 6.42 Å². The highest BCUT2D eigenvalue weighted by Crippen LogP contribution is 2.14. The van der Waals surface area contributed by atoms with Gasteiger partial charge in [-0.1, -0.05) is 17.7 Å². The maximum absolute atomic E-state index is 11.0. The minimum atomic E-state index is -0.191. The van der Waals surface area contributed by atoms with Gasteiger partial charge in [-0.2, -0.15) is 0 Å². The summed E-state index contributed by atoms with van der Waals surface area (Å²) in [6.07, 6.45) is 0.358. The molecule has 3 heteroatoms. The van der Waals surface area contributed by atoms with Crippen molar-refractivity contribution in [3.05, 3.63) is 32.9 Å². The highest BCUT2D eigenvalue weighted by Gasteiger charge is 2.06. The van der Waals surface area contributed by atoms with Crippen molar-refractivity contribution in [3.8, 4) is 0 Å². The Hall–Kier alpha value is -0.580. The van der Waals surface area contributed by atoms with Crippen LogP contribution in [0.4, 0.5) is 0 Å². The summed E-state index contributed by atoms with van der Waals surface area (Å²) in [4.78, 5) is 11.0. The summed E-state index contributed by atoms with van der Waals surface area (Å²) in [5, 5.41) is 0. The average molecular weight is 290 g/mol. The summed E-state index contributed by atoms with van der Waals surface area (Å²) in [7, 11) is 1.41. The number of hydrogen-bond acceptors (Lipinski definition) is 2. The number of carbonyl (C=O) groups is 1. The van der Waals surface area contributed by atoms with Gasteiger partial charge in [-0.25, -0.2) is 0 Å². The molecule has 0 radical (unpaired) electrons. The van der Waals surface area contributed by atoms with Crippen molar-refractivity contribution in [1.29, 1.82) is 0 Å². The van der Waals surface area contributed by atoms with Gasteiger partial charge in [0.25, 0.3) is 0 Å². The molecule has 1 aromatic carbocycles. The maximum Gasteiger partial charge on any atom is 0.310 e. The average Bonchev–Trinajstić information content (AvgIpc) is 2.11. The minimum absolute atomic E-state index is 0.191. The monoisotopic (exact) mass is 290 g/mol. The Balaban J connectivity index is 2.87.